The number of nitro benzene ring substituents is 1. The summed E-state index contributed by atoms with van der Waals surface area (Å²) >= 11 is 0. The predicted molar refractivity (Wildman–Crippen MR) is 154 cm³/mol. The monoisotopic (exact) mass is 599 g/mol. The minimum Gasteiger partial charge on any atom is -0.491 e. The molecule has 1 aliphatic rings. The van der Waals surface area contributed by atoms with Crippen LogP contribution in [0.3, 0.4) is 0 Å². The zero-order valence-corrected chi connectivity index (χ0v) is 23.5. The average molecular weight is 600 g/mol. The zero-order valence-electron chi connectivity index (χ0n) is 23.5. The maximum atomic E-state index is 14.7. The summed E-state index contributed by atoms with van der Waals surface area (Å²) in [6.45, 7) is 7.20. The molecule has 12 heteroatoms. The van der Waals surface area contributed by atoms with Gasteiger partial charge in [-0.05, 0) is 36.6 Å². The van der Waals surface area contributed by atoms with Gasteiger partial charge in [0.25, 0.3) is 5.69 Å². The molecule has 2 aromatic carbocycles. The van der Waals surface area contributed by atoms with Crippen molar-refractivity contribution in [2.75, 3.05) is 26.7 Å². The summed E-state index contributed by atoms with van der Waals surface area (Å²) in [6, 6.07) is 12.6. The third-order valence-corrected chi connectivity index (χ3v) is 7.41. The summed E-state index contributed by atoms with van der Waals surface area (Å²) in [6.07, 6.45) is -0.522. The number of nitro groups is 1. The maximum absolute atomic E-state index is 14.7. The Bertz CT molecular complexity index is 1540. The number of halogens is 3. The summed E-state index contributed by atoms with van der Waals surface area (Å²) in [5, 5.41) is 22.9. The van der Waals surface area contributed by atoms with E-state index in [9.17, 15) is 33.2 Å². The molecule has 4 rings (SSSR count). The van der Waals surface area contributed by atoms with E-state index in [-0.39, 0.29) is 59.2 Å². The Balaban J connectivity index is 1.55. The number of fused-ring (bicyclic) bond motifs is 1. The first-order valence-electron chi connectivity index (χ1n) is 13.5. The Morgan fingerprint density at radius 2 is 1.81 bits per heavy atom. The van der Waals surface area contributed by atoms with Crippen molar-refractivity contribution in [3.8, 4) is 0 Å². The van der Waals surface area contributed by atoms with E-state index in [1.54, 1.807) is 30.3 Å². The van der Waals surface area contributed by atoms with Gasteiger partial charge in [0.05, 0.1) is 23.1 Å². The highest BCUT2D eigenvalue weighted by Crippen LogP contribution is 2.44. The quantitative estimate of drug-likeness (QED) is 0.0761. The number of hydrogen-bond acceptors (Lipinski definition) is 7. The van der Waals surface area contributed by atoms with Crippen LogP contribution in [0.5, 0.6) is 0 Å². The van der Waals surface area contributed by atoms with Crippen molar-refractivity contribution in [2.24, 2.45) is 0 Å². The first-order chi connectivity index (χ1) is 20.3. The van der Waals surface area contributed by atoms with E-state index in [1.807, 2.05) is 0 Å². The number of ether oxygens (including phenoxy) is 2. The van der Waals surface area contributed by atoms with Gasteiger partial charge >= 0.3 is 12.1 Å². The van der Waals surface area contributed by atoms with Crippen LogP contribution in [-0.2, 0) is 26.4 Å². The smallest absolute Gasteiger partial charge is 0.422 e. The van der Waals surface area contributed by atoms with Crippen LogP contribution in [-0.4, -0.2) is 64.5 Å². The Kier molecular flexibility index (Phi) is 9.41. The number of carbonyl (C=O) groups excluding carboxylic acids is 1. The summed E-state index contributed by atoms with van der Waals surface area (Å²) < 4.78 is 56.0. The van der Waals surface area contributed by atoms with Gasteiger partial charge < -0.3 is 19.1 Å². The molecule has 0 aliphatic carbocycles. The molecule has 1 saturated heterocycles. The number of alkyl halides is 3. The number of aromatic nitrogens is 1. The van der Waals surface area contributed by atoms with Crippen LogP contribution < -0.4 is 0 Å². The van der Waals surface area contributed by atoms with E-state index < -0.39 is 29.2 Å². The predicted octanol–water partition coefficient (Wildman–Crippen LogP) is 5.63. The number of rotatable bonds is 11. The van der Waals surface area contributed by atoms with Crippen LogP contribution in [0.2, 0.25) is 0 Å². The number of allylic oxidation sites excluding steroid dienone is 1. The number of non-ortho nitro benzene ring substituents is 1. The molecule has 43 heavy (non-hydrogen) atoms. The number of β-amino-alcohol motifs (C(OH)–C–C–N with tert-alkyl or cyclic N) is 1. The van der Waals surface area contributed by atoms with Crippen LogP contribution in [0, 0.1) is 10.1 Å². The van der Waals surface area contributed by atoms with Gasteiger partial charge in [-0.1, -0.05) is 43.5 Å². The fourth-order valence-electron chi connectivity index (χ4n) is 5.12. The molecule has 0 spiro atoms. The Morgan fingerprint density at radius 3 is 2.42 bits per heavy atom. The molecule has 1 aromatic heterocycles. The fourth-order valence-corrected chi connectivity index (χ4v) is 5.12. The topological polar surface area (TPSA) is 107 Å². The largest absolute Gasteiger partial charge is 0.491 e. The first-order valence-corrected chi connectivity index (χ1v) is 13.5. The number of methoxy groups -OCH3 is 1. The third-order valence-electron chi connectivity index (χ3n) is 7.41. The molecule has 1 fully saturated rings. The van der Waals surface area contributed by atoms with Crippen molar-refractivity contribution >= 4 is 22.6 Å². The van der Waals surface area contributed by atoms with Gasteiger partial charge in [0, 0.05) is 55.5 Å². The Morgan fingerprint density at radius 1 is 1.14 bits per heavy atom. The molecule has 0 amide bonds. The second kappa shape index (κ2) is 12.8. The highest BCUT2D eigenvalue weighted by atomic mass is 19.4. The van der Waals surface area contributed by atoms with Crippen LogP contribution >= 0.6 is 0 Å². The number of benzene rings is 2. The van der Waals surface area contributed by atoms with E-state index in [4.69, 9.17) is 4.74 Å². The van der Waals surface area contributed by atoms with Crippen molar-refractivity contribution in [3.05, 3.63) is 113 Å². The van der Waals surface area contributed by atoms with Gasteiger partial charge in [-0.25, -0.2) is 4.79 Å². The lowest BCUT2D eigenvalue weighted by Crippen LogP contribution is -2.53. The lowest BCUT2D eigenvalue weighted by Gasteiger charge is -2.39. The van der Waals surface area contributed by atoms with Gasteiger partial charge in [0.1, 0.15) is 11.9 Å². The number of piperidine rings is 1. The number of aliphatic hydroxyl groups is 1. The average Bonchev–Trinajstić information content (AvgIpc) is 3.34. The molecule has 1 unspecified atom stereocenters. The zero-order chi connectivity index (χ0) is 31.4. The molecule has 228 valence electrons. The number of carbonyl (C=O) groups is 1. The molecule has 1 atom stereocenters. The summed E-state index contributed by atoms with van der Waals surface area (Å²) in [7, 11) is 1.23. The second-order valence-corrected chi connectivity index (χ2v) is 10.4. The molecular formula is C31H32F3N3O6. The first kappa shape index (κ1) is 31.5. The number of esters is 1. The van der Waals surface area contributed by atoms with Gasteiger partial charge in [0.2, 0.25) is 5.60 Å². The van der Waals surface area contributed by atoms with E-state index in [1.165, 1.54) is 47.1 Å². The SMILES string of the molecule is C=C(/C=C\C(=C)C(=O)OC)OC1CCN(CC(O)(c2cn(Cc3ccccc3)c3cc([N+](=O)[O-])ccc23)C(F)(F)F)CC1. The van der Waals surface area contributed by atoms with E-state index in [0.717, 1.165) is 11.6 Å². The van der Waals surface area contributed by atoms with E-state index in [2.05, 4.69) is 17.9 Å². The van der Waals surface area contributed by atoms with Gasteiger partial charge in [-0.3, -0.25) is 15.0 Å². The molecule has 2 heterocycles. The van der Waals surface area contributed by atoms with Crippen molar-refractivity contribution < 1.29 is 37.5 Å². The molecular weight excluding hydrogens is 567 g/mol. The van der Waals surface area contributed by atoms with Crippen molar-refractivity contribution in [2.45, 2.75) is 37.3 Å². The van der Waals surface area contributed by atoms with Crippen molar-refractivity contribution in [1.29, 1.82) is 0 Å². The number of nitrogens with zero attached hydrogens (tertiary/aromatic N) is 3. The van der Waals surface area contributed by atoms with Crippen LogP contribution in [0.1, 0.15) is 24.0 Å². The molecule has 0 saturated carbocycles. The fraction of sp³-hybridized carbons (Fsp3) is 0.323. The van der Waals surface area contributed by atoms with E-state index >= 15 is 0 Å². The molecule has 1 N–H and O–H groups in total. The van der Waals surface area contributed by atoms with Crippen LogP contribution in [0.25, 0.3) is 10.9 Å². The highest BCUT2D eigenvalue weighted by molar-refractivity contribution is 5.90. The normalized spacial score (nSPS) is 16.2. The lowest BCUT2D eigenvalue weighted by molar-refractivity contribution is -0.384. The number of likely N-dealkylation sites (tertiary alicyclic amines) is 1. The molecule has 9 nitrogen and oxygen atoms in total. The van der Waals surface area contributed by atoms with Crippen molar-refractivity contribution in [3.63, 3.8) is 0 Å². The van der Waals surface area contributed by atoms with Gasteiger partial charge in [-0.15, -0.1) is 0 Å². The molecule has 0 radical (unpaired) electrons. The summed E-state index contributed by atoms with van der Waals surface area (Å²) in [5.41, 5.74) is -2.80. The minimum absolute atomic E-state index is 0.0798. The summed E-state index contributed by atoms with van der Waals surface area (Å²) in [4.78, 5) is 23.8. The minimum atomic E-state index is -5.05. The molecule has 0 bridgehead atoms. The van der Waals surface area contributed by atoms with Gasteiger partial charge in [-0.2, -0.15) is 13.2 Å². The second-order valence-electron chi connectivity index (χ2n) is 10.4. The number of hydrogen-bond donors (Lipinski definition) is 1. The molecule has 3 aromatic rings. The maximum Gasteiger partial charge on any atom is 0.422 e. The standard InChI is InChI=1S/C31H32F3N3O6/c1-21(29(38)42-3)9-10-22(2)43-25-13-15-35(16-14-25)20-30(39,31(32,33)34)27-19-36(18-23-7-5-4-6-8-23)28-17-24(37(40)41)11-12-26(27)28/h4-12,17,19,25,39H,1-2,13-16,18,20H2,3H3/b10-9-. The molecule has 1 aliphatic heterocycles. The Labute approximate surface area is 246 Å². The van der Waals surface area contributed by atoms with Crippen molar-refractivity contribution in [1.82, 2.24) is 9.47 Å². The van der Waals surface area contributed by atoms with E-state index in [0.29, 0.717) is 12.8 Å². The lowest BCUT2D eigenvalue weighted by atomic mass is 9.91. The summed E-state index contributed by atoms with van der Waals surface area (Å²) in [5.74, 6) is -0.341. The highest BCUT2D eigenvalue weighted by Gasteiger charge is 2.57. The third kappa shape index (κ3) is 7.15. The van der Waals surface area contributed by atoms with Gasteiger partial charge in [0.15, 0.2) is 0 Å². The Hall–Kier alpha value is -4.42. The van der Waals surface area contributed by atoms with Crippen LogP contribution in [0.15, 0.2) is 91.4 Å². The van der Waals surface area contributed by atoms with Crippen LogP contribution in [0.4, 0.5) is 18.9 Å².